The fourth-order valence-electron chi connectivity index (χ4n) is 4.12. The lowest BCUT2D eigenvalue weighted by atomic mass is 9.92. The second kappa shape index (κ2) is 12.1. The summed E-state index contributed by atoms with van der Waals surface area (Å²) in [5.41, 5.74) is 8.91. The number of nitrogens with one attached hydrogen (secondary N) is 1. The summed E-state index contributed by atoms with van der Waals surface area (Å²) in [5, 5.41) is 16.2. The maximum atomic E-state index is 13.4. The van der Waals surface area contributed by atoms with E-state index in [9.17, 15) is 14.0 Å². The average Bonchev–Trinajstić information content (AvgIpc) is 3.38. The van der Waals surface area contributed by atoms with Crippen LogP contribution in [-0.2, 0) is 11.3 Å². The summed E-state index contributed by atoms with van der Waals surface area (Å²) in [6.07, 6.45) is 5.30. The number of amidine groups is 1. The lowest BCUT2D eigenvalue weighted by molar-refractivity contribution is -0.117. The maximum Gasteiger partial charge on any atom is 0.321 e. The molecule has 0 radical (unpaired) electrons. The third-order valence-electron chi connectivity index (χ3n) is 6.21. The highest BCUT2D eigenvalue weighted by atomic mass is 79.9. The SMILES string of the molecule is NC(=Nc1ccc(F)c(Br)c1)C(=O)C1CCN(C(=O)Nc2ccc(-c3cnn(CCCO)c3)cc2)CC1. The van der Waals surface area contributed by atoms with E-state index in [4.69, 9.17) is 10.8 Å². The molecule has 1 aliphatic rings. The number of carbonyl (C=O) groups excluding carboxylic acids is 2. The van der Waals surface area contributed by atoms with E-state index in [2.05, 4.69) is 31.3 Å². The van der Waals surface area contributed by atoms with Gasteiger partial charge in [0.05, 0.1) is 16.4 Å². The number of amides is 2. The summed E-state index contributed by atoms with van der Waals surface area (Å²) in [6, 6.07) is 11.4. The molecule has 1 saturated heterocycles. The Morgan fingerprint density at radius 3 is 2.57 bits per heavy atom. The molecule has 0 bridgehead atoms. The molecule has 4 N–H and O–H groups in total. The summed E-state index contributed by atoms with van der Waals surface area (Å²) < 4.78 is 15.4. The van der Waals surface area contributed by atoms with Gasteiger partial charge in [0, 0.05) is 49.6 Å². The molecular weight excluding hydrogens is 543 g/mol. The third-order valence-corrected chi connectivity index (χ3v) is 6.81. The Hall–Kier alpha value is -3.57. The zero-order valence-electron chi connectivity index (χ0n) is 20.1. The number of nitrogens with two attached hydrogens (primary N) is 1. The van der Waals surface area contributed by atoms with E-state index in [1.807, 2.05) is 30.5 Å². The first-order valence-electron chi connectivity index (χ1n) is 12.0. The van der Waals surface area contributed by atoms with Crippen LogP contribution in [0.2, 0.25) is 0 Å². The Morgan fingerprint density at radius 1 is 1.16 bits per heavy atom. The van der Waals surface area contributed by atoms with Gasteiger partial charge in [0.1, 0.15) is 5.82 Å². The predicted molar refractivity (Wildman–Crippen MR) is 143 cm³/mol. The summed E-state index contributed by atoms with van der Waals surface area (Å²) >= 11 is 3.09. The van der Waals surface area contributed by atoms with Crippen molar-refractivity contribution in [2.45, 2.75) is 25.8 Å². The minimum absolute atomic E-state index is 0.121. The van der Waals surface area contributed by atoms with Crippen molar-refractivity contribution in [3.05, 3.63) is 65.1 Å². The number of carbonyl (C=O) groups is 2. The molecule has 0 atom stereocenters. The van der Waals surface area contributed by atoms with Gasteiger partial charge in [-0.25, -0.2) is 14.2 Å². The number of aliphatic imine (C=N–C) groups is 1. The van der Waals surface area contributed by atoms with Crippen molar-refractivity contribution in [1.82, 2.24) is 14.7 Å². The van der Waals surface area contributed by atoms with Crippen LogP contribution in [0.5, 0.6) is 0 Å². The van der Waals surface area contributed by atoms with Crippen molar-refractivity contribution in [2.75, 3.05) is 25.0 Å². The highest BCUT2D eigenvalue weighted by Gasteiger charge is 2.29. The number of ketones is 1. The van der Waals surface area contributed by atoms with Crippen LogP contribution in [0.1, 0.15) is 19.3 Å². The number of hydrogen-bond donors (Lipinski definition) is 3. The number of benzene rings is 2. The number of Topliss-reactive ketones (excluding diaryl/α,β-unsaturated/α-hetero) is 1. The number of nitrogens with zero attached hydrogens (tertiary/aromatic N) is 4. The van der Waals surface area contributed by atoms with Crippen LogP contribution in [0.3, 0.4) is 0 Å². The number of aryl methyl sites for hydroxylation is 1. The monoisotopic (exact) mass is 570 g/mol. The summed E-state index contributed by atoms with van der Waals surface area (Å²) in [6.45, 7) is 1.61. The predicted octanol–water partition coefficient (Wildman–Crippen LogP) is 4.34. The minimum Gasteiger partial charge on any atom is -0.396 e. The molecule has 37 heavy (non-hydrogen) atoms. The molecule has 2 amide bonds. The smallest absolute Gasteiger partial charge is 0.321 e. The number of piperidine rings is 1. The van der Waals surface area contributed by atoms with E-state index < -0.39 is 5.82 Å². The van der Waals surface area contributed by atoms with E-state index in [1.165, 1.54) is 18.2 Å². The molecular formula is C26H28BrFN6O3. The van der Waals surface area contributed by atoms with Gasteiger partial charge in [0.25, 0.3) is 0 Å². The Morgan fingerprint density at radius 2 is 1.89 bits per heavy atom. The molecule has 9 nitrogen and oxygen atoms in total. The number of halogens is 2. The Kier molecular flexibility index (Phi) is 8.67. The average molecular weight is 571 g/mol. The van der Waals surface area contributed by atoms with Gasteiger partial charge in [-0.3, -0.25) is 9.48 Å². The molecule has 0 unspecified atom stereocenters. The van der Waals surface area contributed by atoms with Gasteiger partial charge in [-0.2, -0.15) is 5.10 Å². The lowest BCUT2D eigenvalue weighted by Gasteiger charge is -2.31. The Labute approximate surface area is 222 Å². The number of urea groups is 1. The van der Waals surface area contributed by atoms with Crippen LogP contribution in [0.4, 0.5) is 20.6 Å². The van der Waals surface area contributed by atoms with Crippen molar-refractivity contribution < 1.29 is 19.1 Å². The topological polar surface area (TPSA) is 126 Å². The molecule has 1 aromatic heterocycles. The second-order valence-electron chi connectivity index (χ2n) is 8.80. The molecule has 1 aliphatic heterocycles. The van der Waals surface area contributed by atoms with E-state index >= 15 is 0 Å². The van der Waals surface area contributed by atoms with Gasteiger partial charge in [-0.1, -0.05) is 12.1 Å². The summed E-state index contributed by atoms with van der Waals surface area (Å²) in [7, 11) is 0. The van der Waals surface area contributed by atoms with Crippen molar-refractivity contribution >= 4 is 45.0 Å². The first-order valence-corrected chi connectivity index (χ1v) is 12.8. The number of aromatic nitrogens is 2. The molecule has 0 saturated carbocycles. The number of hydrogen-bond acceptors (Lipinski definition) is 5. The molecule has 2 heterocycles. The molecule has 4 rings (SSSR count). The molecule has 3 aromatic rings. The van der Waals surface area contributed by atoms with Crippen LogP contribution in [0, 0.1) is 11.7 Å². The van der Waals surface area contributed by atoms with E-state index in [0.29, 0.717) is 50.3 Å². The maximum absolute atomic E-state index is 13.4. The van der Waals surface area contributed by atoms with Gasteiger partial charge < -0.3 is 21.1 Å². The van der Waals surface area contributed by atoms with Crippen molar-refractivity contribution in [3.63, 3.8) is 0 Å². The number of likely N-dealkylation sites (tertiary alicyclic amines) is 1. The van der Waals surface area contributed by atoms with Crippen molar-refractivity contribution in [2.24, 2.45) is 16.6 Å². The largest absolute Gasteiger partial charge is 0.396 e. The quantitative estimate of drug-likeness (QED) is 0.274. The lowest BCUT2D eigenvalue weighted by Crippen LogP contribution is -2.44. The van der Waals surface area contributed by atoms with Gasteiger partial charge in [0.2, 0.25) is 5.78 Å². The van der Waals surface area contributed by atoms with Crippen LogP contribution in [0.25, 0.3) is 11.1 Å². The normalized spacial score (nSPS) is 14.6. The fraction of sp³-hybridized carbons (Fsp3) is 0.308. The first-order chi connectivity index (χ1) is 17.8. The second-order valence-corrected chi connectivity index (χ2v) is 9.65. The van der Waals surface area contributed by atoms with Crippen molar-refractivity contribution in [3.8, 4) is 11.1 Å². The summed E-state index contributed by atoms with van der Waals surface area (Å²) in [5.74, 6) is -1.14. The highest BCUT2D eigenvalue weighted by molar-refractivity contribution is 9.10. The van der Waals surface area contributed by atoms with Crippen LogP contribution in [-0.4, -0.2) is 57.1 Å². The van der Waals surface area contributed by atoms with Crippen LogP contribution in [0.15, 0.2) is 64.3 Å². The minimum atomic E-state index is -0.423. The van der Waals surface area contributed by atoms with E-state index in [0.717, 1.165) is 11.1 Å². The van der Waals surface area contributed by atoms with E-state index in [1.54, 1.807) is 15.8 Å². The van der Waals surface area contributed by atoms with Crippen molar-refractivity contribution in [1.29, 1.82) is 0 Å². The Balaban J connectivity index is 1.28. The van der Waals surface area contributed by atoms with Gasteiger partial charge in [-0.05, 0) is 71.1 Å². The molecule has 0 aliphatic carbocycles. The Bertz CT molecular complexity index is 1290. The number of anilines is 1. The van der Waals surface area contributed by atoms with Gasteiger partial charge in [-0.15, -0.1) is 0 Å². The molecule has 11 heteroatoms. The van der Waals surface area contributed by atoms with E-state index in [-0.39, 0.29) is 34.6 Å². The van der Waals surface area contributed by atoms with Gasteiger partial charge in [0.15, 0.2) is 5.84 Å². The molecule has 194 valence electrons. The first kappa shape index (κ1) is 26.5. The number of aliphatic hydroxyl groups excluding tert-OH is 1. The third kappa shape index (κ3) is 6.80. The van der Waals surface area contributed by atoms with Crippen LogP contribution >= 0.6 is 15.9 Å². The zero-order valence-corrected chi connectivity index (χ0v) is 21.7. The standard InChI is InChI=1S/C26H28BrFN6O3/c27-22-14-21(6-7-23(22)28)31-25(29)24(36)18-8-11-33(12-9-18)26(37)32-20-4-2-17(3-5-20)19-15-30-34(16-19)10-1-13-35/h2-7,14-16,18,35H,1,8-13H2,(H2,29,31)(H,32,37). The highest BCUT2D eigenvalue weighted by Crippen LogP contribution is 2.25. The molecule has 2 aromatic carbocycles. The van der Waals surface area contributed by atoms with Crippen LogP contribution < -0.4 is 11.1 Å². The molecule has 0 spiro atoms. The number of rotatable bonds is 8. The fourth-order valence-corrected chi connectivity index (χ4v) is 4.49. The zero-order chi connectivity index (χ0) is 26.4. The number of aliphatic hydroxyl groups is 1. The molecule has 1 fully saturated rings. The van der Waals surface area contributed by atoms with Gasteiger partial charge >= 0.3 is 6.03 Å². The summed E-state index contributed by atoms with van der Waals surface area (Å²) in [4.78, 5) is 31.3.